The van der Waals surface area contributed by atoms with Gasteiger partial charge in [-0.25, -0.2) is 4.79 Å². The monoisotopic (exact) mass is 306 g/mol. The molecule has 0 amide bonds. The van der Waals surface area contributed by atoms with Crippen LogP contribution in [0.15, 0.2) is 46.0 Å². The molecule has 104 valence electrons. The van der Waals surface area contributed by atoms with Gasteiger partial charge in [0.05, 0.1) is 11.3 Å². The van der Waals surface area contributed by atoms with E-state index in [-0.39, 0.29) is 0 Å². The Hall–Kier alpha value is -1.72. The highest BCUT2D eigenvalue weighted by atomic mass is 32.2. The molecule has 1 aromatic carbocycles. The second-order valence-corrected chi connectivity index (χ2v) is 6.19. The van der Waals surface area contributed by atoms with Crippen LogP contribution in [0.3, 0.4) is 0 Å². The summed E-state index contributed by atoms with van der Waals surface area (Å²) < 4.78 is 6.59. The van der Waals surface area contributed by atoms with Crippen LogP contribution >= 0.6 is 23.1 Å². The zero-order valence-corrected chi connectivity index (χ0v) is 12.5. The lowest BCUT2D eigenvalue weighted by Crippen LogP contribution is -1.92. The first-order valence-electron chi connectivity index (χ1n) is 5.93. The van der Waals surface area contributed by atoms with Crippen molar-refractivity contribution in [3.63, 3.8) is 0 Å². The Morgan fingerprint density at radius 3 is 2.95 bits per heavy atom. The lowest BCUT2D eigenvalue weighted by molar-refractivity contribution is -0.131. The van der Waals surface area contributed by atoms with Gasteiger partial charge in [-0.1, -0.05) is 12.1 Å². The molecule has 0 saturated carbocycles. The maximum Gasteiger partial charge on any atom is 0.328 e. The minimum Gasteiger partial charge on any atom is -0.496 e. The van der Waals surface area contributed by atoms with Crippen LogP contribution in [0.5, 0.6) is 5.75 Å². The summed E-state index contributed by atoms with van der Waals surface area (Å²) in [6.45, 7) is 0. The van der Waals surface area contributed by atoms with Crippen molar-refractivity contribution in [2.75, 3.05) is 7.11 Å². The number of hydrogen-bond acceptors (Lipinski definition) is 4. The van der Waals surface area contributed by atoms with Crippen molar-refractivity contribution in [1.29, 1.82) is 0 Å². The summed E-state index contributed by atoms with van der Waals surface area (Å²) in [6.07, 6.45) is 2.72. The van der Waals surface area contributed by atoms with Gasteiger partial charge >= 0.3 is 5.97 Å². The molecule has 2 rings (SSSR count). The van der Waals surface area contributed by atoms with Gasteiger partial charge in [0.2, 0.25) is 0 Å². The molecule has 20 heavy (non-hydrogen) atoms. The standard InChI is InChI=1S/C15H14O3S2/c1-18-13-6-4-11(5-7-14(16)17)9-12(13)10-20-15-3-2-8-19-15/h2-9H,10H2,1H3,(H,16,17). The van der Waals surface area contributed by atoms with E-state index in [0.717, 1.165) is 28.7 Å². The van der Waals surface area contributed by atoms with E-state index < -0.39 is 5.97 Å². The second-order valence-electron chi connectivity index (χ2n) is 3.96. The first-order chi connectivity index (χ1) is 9.69. The minimum absolute atomic E-state index is 0.790. The maximum atomic E-state index is 10.5. The summed E-state index contributed by atoms with van der Waals surface area (Å²) in [7, 11) is 1.64. The van der Waals surface area contributed by atoms with Gasteiger partial charge in [0.1, 0.15) is 5.75 Å². The van der Waals surface area contributed by atoms with E-state index in [9.17, 15) is 4.79 Å². The Morgan fingerprint density at radius 1 is 1.45 bits per heavy atom. The van der Waals surface area contributed by atoms with Gasteiger partial charge in [-0.15, -0.1) is 23.1 Å². The van der Waals surface area contributed by atoms with Crippen LogP contribution in [-0.2, 0) is 10.5 Å². The van der Waals surface area contributed by atoms with Crippen molar-refractivity contribution in [2.45, 2.75) is 9.96 Å². The molecular weight excluding hydrogens is 292 g/mol. The maximum absolute atomic E-state index is 10.5. The molecule has 1 aromatic heterocycles. The van der Waals surface area contributed by atoms with Gasteiger partial charge in [0, 0.05) is 17.4 Å². The quantitative estimate of drug-likeness (QED) is 0.643. The third kappa shape index (κ3) is 4.15. The SMILES string of the molecule is COc1ccc(C=CC(=O)O)cc1CSc1cccs1. The molecule has 2 aromatic rings. The van der Waals surface area contributed by atoms with Gasteiger partial charge in [0.25, 0.3) is 0 Å². The van der Waals surface area contributed by atoms with Gasteiger partial charge in [-0.2, -0.15) is 0 Å². The number of thioether (sulfide) groups is 1. The average Bonchev–Trinajstić information content (AvgIpc) is 2.96. The van der Waals surface area contributed by atoms with Gasteiger partial charge < -0.3 is 9.84 Å². The molecule has 3 nitrogen and oxygen atoms in total. The largest absolute Gasteiger partial charge is 0.496 e. The first kappa shape index (κ1) is 14.7. The van der Waals surface area contributed by atoms with Crippen molar-refractivity contribution >= 4 is 35.1 Å². The predicted octanol–water partition coefficient (Wildman–Crippen LogP) is 4.15. The number of carbonyl (C=O) groups is 1. The van der Waals surface area contributed by atoms with E-state index in [4.69, 9.17) is 9.84 Å². The number of thiophene rings is 1. The lowest BCUT2D eigenvalue weighted by atomic mass is 10.1. The number of aliphatic carboxylic acids is 1. The average molecular weight is 306 g/mol. The Bertz CT molecular complexity index is 604. The zero-order chi connectivity index (χ0) is 14.4. The van der Waals surface area contributed by atoms with E-state index in [1.807, 2.05) is 29.6 Å². The van der Waals surface area contributed by atoms with Crippen LogP contribution in [0.1, 0.15) is 11.1 Å². The molecule has 0 aliphatic carbocycles. The molecule has 1 N–H and O–H groups in total. The highest BCUT2D eigenvalue weighted by molar-refractivity contribution is 8.00. The smallest absolute Gasteiger partial charge is 0.328 e. The summed E-state index contributed by atoms with van der Waals surface area (Å²) in [5.74, 6) is 0.662. The number of hydrogen-bond donors (Lipinski definition) is 1. The molecule has 0 aliphatic heterocycles. The molecule has 0 aliphatic rings. The topological polar surface area (TPSA) is 46.5 Å². The Kier molecular flexibility index (Phi) is 5.26. The predicted molar refractivity (Wildman–Crippen MR) is 83.5 cm³/mol. The highest BCUT2D eigenvalue weighted by Crippen LogP contribution is 2.31. The molecule has 0 fully saturated rings. The summed E-state index contributed by atoms with van der Waals surface area (Å²) >= 11 is 3.45. The summed E-state index contributed by atoms with van der Waals surface area (Å²) in [6, 6.07) is 9.77. The van der Waals surface area contributed by atoms with Gasteiger partial charge in [-0.3, -0.25) is 0 Å². The van der Waals surface area contributed by atoms with Crippen molar-refractivity contribution in [3.05, 3.63) is 52.9 Å². The lowest BCUT2D eigenvalue weighted by Gasteiger charge is -2.08. The molecule has 1 heterocycles. The molecule has 0 saturated heterocycles. The summed E-state index contributed by atoms with van der Waals surface area (Å²) in [5, 5.41) is 10.7. The Balaban J connectivity index is 2.15. The fourth-order valence-corrected chi connectivity index (χ4v) is 3.44. The highest BCUT2D eigenvalue weighted by Gasteiger charge is 2.05. The van der Waals surface area contributed by atoms with Crippen LogP contribution in [0.25, 0.3) is 6.08 Å². The minimum atomic E-state index is -0.949. The van der Waals surface area contributed by atoms with Crippen molar-refractivity contribution < 1.29 is 14.6 Å². The molecule has 0 atom stereocenters. The normalized spacial score (nSPS) is 10.8. The first-order valence-corrected chi connectivity index (χ1v) is 7.80. The van der Waals surface area contributed by atoms with Gasteiger partial charge in [-0.05, 0) is 35.2 Å². The molecule has 0 spiro atoms. The van der Waals surface area contributed by atoms with E-state index in [2.05, 4.69) is 6.07 Å². The van der Waals surface area contributed by atoms with Crippen molar-refractivity contribution in [3.8, 4) is 5.75 Å². The fourth-order valence-electron chi connectivity index (χ4n) is 1.68. The number of rotatable bonds is 6. The molecule has 0 radical (unpaired) electrons. The summed E-state index contributed by atoms with van der Waals surface area (Å²) in [4.78, 5) is 10.5. The van der Waals surface area contributed by atoms with Crippen molar-refractivity contribution in [1.82, 2.24) is 0 Å². The number of benzene rings is 1. The Morgan fingerprint density at radius 2 is 2.30 bits per heavy atom. The van der Waals surface area contributed by atoms with Crippen LogP contribution in [0.2, 0.25) is 0 Å². The van der Waals surface area contributed by atoms with Gasteiger partial charge in [0.15, 0.2) is 0 Å². The van der Waals surface area contributed by atoms with E-state index in [1.54, 1.807) is 36.3 Å². The fraction of sp³-hybridized carbons (Fsp3) is 0.133. The number of ether oxygens (including phenoxy) is 1. The van der Waals surface area contributed by atoms with E-state index in [1.165, 1.54) is 4.21 Å². The zero-order valence-electron chi connectivity index (χ0n) is 10.9. The molecule has 0 unspecified atom stereocenters. The third-order valence-electron chi connectivity index (χ3n) is 2.59. The third-order valence-corrected chi connectivity index (χ3v) is 4.77. The molecule has 5 heteroatoms. The summed E-state index contributed by atoms with van der Waals surface area (Å²) in [5.41, 5.74) is 1.91. The van der Waals surface area contributed by atoms with Crippen LogP contribution < -0.4 is 4.74 Å². The van der Waals surface area contributed by atoms with Crippen LogP contribution in [-0.4, -0.2) is 18.2 Å². The van der Waals surface area contributed by atoms with E-state index >= 15 is 0 Å². The Labute approximate surface area is 125 Å². The van der Waals surface area contributed by atoms with E-state index in [0.29, 0.717) is 0 Å². The van der Waals surface area contributed by atoms with Crippen molar-refractivity contribution in [2.24, 2.45) is 0 Å². The number of carboxylic acids is 1. The number of carboxylic acid groups (broad SMARTS) is 1. The van der Waals surface area contributed by atoms with Crippen LogP contribution in [0.4, 0.5) is 0 Å². The van der Waals surface area contributed by atoms with Crippen LogP contribution in [0, 0.1) is 0 Å². The second kappa shape index (κ2) is 7.17. The molecule has 0 bridgehead atoms. The molecular formula is C15H14O3S2. The number of methoxy groups -OCH3 is 1.